The number of fused-ring (bicyclic) bond motifs is 6. The molecule has 64 heavy (non-hydrogen) atoms. The normalized spacial score (nSPS) is 13.8. The monoisotopic (exact) mass is 821 g/mol. The van der Waals surface area contributed by atoms with Crippen LogP contribution in [0.4, 0.5) is 28.4 Å². The van der Waals surface area contributed by atoms with Crippen molar-refractivity contribution in [1.82, 2.24) is 4.57 Å². The quantitative estimate of drug-likeness (QED) is 0.145. The first-order chi connectivity index (χ1) is 31.7. The summed E-state index contributed by atoms with van der Waals surface area (Å²) in [6.07, 6.45) is 7.92. The predicted octanol–water partition coefficient (Wildman–Crippen LogP) is 16.4. The van der Waals surface area contributed by atoms with Gasteiger partial charge in [-0.2, -0.15) is 0 Å². The third kappa shape index (κ3) is 6.64. The summed E-state index contributed by atoms with van der Waals surface area (Å²) in [5, 5.41) is 4.57. The zero-order valence-electron chi connectivity index (χ0n) is 35.1. The fraction of sp³-hybridized carbons (Fsp3) is 0.0333. The third-order valence-corrected chi connectivity index (χ3v) is 12.7. The van der Waals surface area contributed by atoms with Crippen molar-refractivity contribution in [3.63, 3.8) is 0 Å². The molecule has 1 aliphatic carbocycles. The van der Waals surface area contributed by atoms with E-state index < -0.39 is 0 Å². The number of allylic oxidation sites excluding steroid dienone is 2. The number of anilines is 5. The highest BCUT2D eigenvalue weighted by molar-refractivity contribution is 6.13. The fourth-order valence-corrected chi connectivity index (χ4v) is 9.64. The molecule has 1 aliphatic rings. The van der Waals surface area contributed by atoms with Crippen LogP contribution in [0.25, 0.3) is 66.1 Å². The van der Waals surface area contributed by atoms with Gasteiger partial charge in [0.25, 0.3) is 0 Å². The van der Waals surface area contributed by atoms with Crippen LogP contribution in [-0.4, -0.2) is 10.6 Å². The van der Waals surface area contributed by atoms with E-state index >= 15 is 0 Å². The SMILES string of the molecule is C1=CC(N(c2ccccc2)c2ccc3c(c2)c2cc(N(c4ccccc4)c4ccc(-c5ccccc5)cc4)ccc2n3-c2ccc3oc4ccccc4c3c2)CC=C1c1ccccc1. The molecule has 2 aromatic heterocycles. The Morgan fingerprint density at radius 1 is 0.406 bits per heavy atom. The van der Waals surface area contributed by atoms with Gasteiger partial charge in [-0.05, 0) is 126 Å². The van der Waals surface area contributed by atoms with Crippen molar-refractivity contribution in [2.45, 2.75) is 12.5 Å². The third-order valence-electron chi connectivity index (χ3n) is 12.7. The average Bonchev–Trinajstić information content (AvgIpc) is 3.90. The van der Waals surface area contributed by atoms with Crippen LogP contribution in [0.5, 0.6) is 0 Å². The number of hydrogen-bond acceptors (Lipinski definition) is 3. The summed E-state index contributed by atoms with van der Waals surface area (Å²) < 4.78 is 8.72. The molecule has 4 nitrogen and oxygen atoms in total. The van der Waals surface area contributed by atoms with E-state index in [4.69, 9.17) is 4.42 Å². The molecule has 1 atom stereocenters. The molecule has 0 radical (unpaired) electrons. The highest BCUT2D eigenvalue weighted by Crippen LogP contribution is 2.43. The van der Waals surface area contributed by atoms with Crippen LogP contribution in [0.2, 0.25) is 0 Å². The van der Waals surface area contributed by atoms with E-state index in [0.29, 0.717) is 0 Å². The van der Waals surface area contributed by atoms with Crippen molar-refractivity contribution < 1.29 is 4.42 Å². The fourth-order valence-electron chi connectivity index (χ4n) is 9.64. The van der Waals surface area contributed by atoms with E-state index in [0.717, 1.165) is 73.5 Å². The van der Waals surface area contributed by atoms with Gasteiger partial charge in [0.1, 0.15) is 11.2 Å². The van der Waals surface area contributed by atoms with Crippen molar-refractivity contribution in [1.29, 1.82) is 0 Å². The molecule has 304 valence electrons. The second-order valence-electron chi connectivity index (χ2n) is 16.5. The molecule has 0 fully saturated rings. The molecule has 2 heterocycles. The lowest BCUT2D eigenvalue weighted by Crippen LogP contribution is -2.30. The lowest BCUT2D eigenvalue weighted by atomic mass is 9.95. The van der Waals surface area contributed by atoms with E-state index in [9.17, 15) is 0 Å². The highest BCUT2D eigenvalue weighted by Gasteiger charge is 2.24. The number of benzene rings is 9. The number of nitrogens with zero attached hydrogens (tertiary/aromatic N) is 3. The zero-order chi connectivity index (χ0) is 42.4. The van der Waals surface area contributed by atoms with Crippen molar-refractivity contribution in [2.24, 2.45) is 0 Å². The molecule has 1 unspecified atom stereocenters. The molecular formula is C60H43N3O. The smallest absolute Gasteiger partial charge is 0.135 e. The molecule has 0 bridgehead atoms. The Balaban J connectivity index is 1.05. The lowest BCUT2D eigenvalue weighted by Gasteiger charge is -2.33. The second kappa shape index (κ2) is 15.8. The number of furan rings is 1. The Morgan fingerprint density at radius 2 is 0.953 bits per heavy atom. The maximum atomic E-state index is 6.30. The Bertz CT molecular complexity index is 3510. The maximum absolute atomic E-state index is 6.30. The Morgan fingerprint density at radius 3 is 1.64 bits per heavy atom. The van der Waals surface area contributed by atoms with Crippen LogP contribution < -0.4 is 9.80 Å². The van der Waals surface area contributed by atoms with Gasteiger partial charge in [0, 0.05) is 55.7 Å². The minimum absolute atomic E-state index is 0.125. The summed E-state index contributed by atoms with van der Waals surface area (Å²) in [5.74, 6) is 0. The summed E-state index contributed by atoms with van der Waals surface area (Å²) >= 11 is 0. The van der Waals surface area contributed by atoms with Gasteiger partial charge < -0.3 is 18.8 Å². The first-order valence-corrected chi connectivity index (χ1v) is 22.0. The van der Waals surface area contributed by atoms with Crippen molar-refractivity contribution >= 4 is 77.8 Å². The van der Waals surface area contributed by atoms with Gasteiger partial charge in [0.2, 0.25) is 0 Å². The van der Waals surface area contributed by atoms with Crippen molar-refractivity contribution in [3.05, 3.63) is 248 Å². The number of rotatable bonds is 9. The van der Waals surface area contributed by atoms with Gasteiger partial charge in [-0.25, -0.2) is 0 Å². The molecule has 0 spiro atoms. The van der Waals surface area contributed by atoms with E-state index in [1.807, 2.05) is 12.1 Å². The number of aromatic nitrogens is 1. The number of hydrogen-bond donors (Lipinski definition) is 0. The second-order valence-corrected chi connectivity index (χ2v) is 16.5. The predicted molar refractivity (Wildman–Crippen MR) is 269 cm³/mol. The largest absolute Gasteiger partial charge is 0.456 e. The molecule has 0 amide bonds. The lowest BCUT2D eigenvalue weighted by molar-refractivity contribution is 0.669. The van der Waals surface area contributed by atoms with E-state index in [1.54, 1.807) is 0 Å². The van der Waals surface area contributed by atoms with Gasteiger partial charge >= 0.3 is 0 Å². The Labute approximate surface area is 372 Å². The van der Waals surface area contributed by atoms with Crippen LogP contribution in [0.1, 0.15) is 12.0 Å². The molecular weight excluding hydrogens is 779 g/mol. The van der Waals surface area contributed by atoms with Crippen LogP contribution in [0.3, 0.4) is 0 Å². The van der Waals surface area contributed by atoms with Crippen molar-refractivity contribution in [3.8, 4) is 16.8 Å². The maximum Gasteiger partial charge on any atom is 0.135 e. The van der Waals surface area contributed by atoms with E-state index in [1.165, 1.54) is 33.0 Å². The highest BCUT2D eigenvalue weighted by atomic mass is 16.3. The van der Waals surface area contributed by atoms with E-state index in [-0.39, 0.29) is 6.04 Å². The van der Waals surface area contributed by atoms with Crippen LogP contribution >= 0.6 is 0 Å². The molecule has 9 aromatic carbocycles. The average molecular weight is 822 g/mol. The standard InChI is InChI=1S/C60H43N3O/c1-5-15-42(16-6-1)44-25-29-48(30-26-44)61(46-19-9-3-10-20-46)50-33-36-57-54(39-50)55-40-51(34-37-58(55)63(57)52-35-38-60-56(41-52)53-23-13-14-24-59(53)64-60)62(47-21-11-4-12-22-47)49-31-27-45(28-32-49)43-17-7-2-8-18-43/h1-31,33-41,49H,32H2. The summed E-state index contributed by atoms with van der Waals surface area (Å²) in [6, 6.07) is 80.7. The first kappa shape index (κ1) is 37.4. The molecule has 0 saturated heterocycles. The van der Waals surface area contributed by atoms with Gasteiger partial charge in [-0.3, -0.25) is 0 Å². The van der Waals surface area contributed by atoms with Gasteiger partial charge in [-0.15, -0.1) is 0 Å². The molecule has 4 heteroatoms. The van der Waals surface area contributed by atoms with Gasteiger partial charge in [0.05, 0.1) is 17.1 Å². The molecule has 12 rings (SSSR count). The van der Waals surface area contributed by atoms with Crippen LogP contribution in [0, 0.1) is 0 Å². The van der Waals surface area contributed by atoms with Crippen molar-refractivity contribution in [2.75, 3.05) is 9.80 Å². The van der Waals surface area contributed by atoms with Gasteiger partial charge in [0.15, 0.2) is 0 Å². The summed E-state index contributed by atoms with van der Waals surface area (Å²) in [7, 11) is 0. The molecule has 0 N–H and O–H groups in total. The molecule has 0 saturated carbocycles. The molecule has 0 aliphatic heterocycles. The summed E-state index contributed by atoms with van der Waals surface area (Å²) in [5.41, 5.74) is 15.6. The minimum Gasteiger partial charge on any atom is -0.456 e. The van der Waals surface area contributed by atoms with E-state index in [2.05, 4.69) is 245 Å². The Kier molecular flexibility index (Phi) is 9.27. The zero-order valence-corrected chi connectivity index (χ0v) is 35.1. The first-order valence-electron chi connectivity index (χ1n) is 22.0. The van der Waals surface area contributed by atoms with Gasteiger partial charge in [-0.1, -0.05) is 146 Å². The summed E-state index contributed by atoms with van der Waals surface area (Å²) in [6.45, 7) is 0. The molecule has 11 aromatic rings. The van der Waals surface area contributed by atoms with Crippen LogP contribution in [-0.2, 0) is 0 Å². The Hall–Kier alpha value is -8.34. The minimum atomic E-state index is 0.125. The number of para-hydroxylation sites is 3. The van der Waals surface area contributed by atoms with Crippen LogP contribution in [0.15, 0.2) is 247 Å². The summed E-state index contributed by atoms with van der Waals surface area (Å²) in [4.78, 5) is 4.86. The topological polar surface area (TPSA) is 24.6 Å².